The number of benzene rings is 1. The minimum atomic E-state index is -0.506. The predicted octanol–water partition coefficient (Wildman–Crippen LogP) is 2.93. The van der Waals surface area contributed by atoms with Gasteiger partial charge in [0.15, 0.2) is 0 Å². The number of para-hydroxylation sites is 1. The maximum atomic E-state index is 11.6. The molecule has 1 atom stereocenters. The second-order valence-electron chi connectivity index (χ2n) is 4.21. The Morgan fingerprint density at radius 2 is 2.22 bits per heavy atom. The zero-order valence-corrected chi connectivity index (χ0v) is 11.4. The van der Waals surface area contributed by atoms with Crippen molar-refractivity contribution in [2.45, 2.75) is 32.8 Å². The van der Waals surface area contributed by atoms with Crippen molar-refractivity contribution in [2.75, 3.05) is 11.9 Å². The second kappa shape index (κ2) is 7.24. The van der Waals surface area contributed by atoms with Gasteiger partial charge in [0.1, 0.15) is 0 Å². The van der Waals surface area contributed by atoms with Gasteiger partial charge in [-0.25, -0.2) is 4.79 Å². The summed E-state index contributed by atoms with van der Waals surface area (Å²) in [4.78, 5) is 11.6. The molecule has 0 heterocycles. The van der Waals surface area contributed by atoms with Gasteiger partial charge in [-0.3, -0.25) is 0 Å². The van der Waals surface area contributed by atoms with Gasteiger partial charge in [0.25, 0.3) is 0 Å². The van der Waals surface area contributed by atoms with Crippen molar-refractivity contribution < 1.29 is 9.90 Å². The molecule has 0 radical (unpaired) electrons. The lowest BCUT2D eigenvalue weighted by Crippen LogP contribution is -2.35. The number of nitrogens with one attached hydrogen (secondary N) is 2. The molecule has 0 aliphatic heterocycles. The van der Waals surface area contributed by atoms with Crippen LogP contribution < -0.4 is 10.6 Å². The normalized spacial score (nSPS) is 12.0. The van der Waals surface area contributed by atoms with Gasteiger partial charge in [-0.15, -0.1) is 0 Å². The molecule has 18 heavy (non-hydrogen) atoms. The average Bonchev–Trinajstić information content (AvgIpc) is 2.32. The van der Waals surface area contributed by atoms with Crippen LogP contribution in [0.25, 0.3) is 0 Å². The van der Waals surface area contributed by atoms with E-state index >= 15 is 0 Å². The van der Waals surface area contributed by atoms with E-state index < -0.39 is 6.10 Å². The number of carbonyl (C=O) groups is 1. The van der Waals surface area contributed by atoms with Crippen LogP contribution in [0.5, 0.6) is 0 Å². The van der Waals surface area contributed by atoms with Crippen molar-refractivity contribution in [2.24, 2.45) is 0 Å². The summed E-state index contributed by atoms with van der Waals surface area (Å²) in [5.41, 5.74) is 1.49. The smallest absolute Gasteiger partial charge is 0.319 e. The predicted molar refractivity (Wildman–Crippen MR) is 74.1 cm³/mol. The molecule has 0 aliphatic carbocycles. The zero-order chi connectivity index (χ0) is 13.5. The summed E-state index contributed by atoms with van der Waals surface area (Å²) >= 11 is 5.99. The zero-order valence-electron chi connectivity index (χ0n) is 10.7. The number of aliphatic hydroxyl groups is 1. The van der Waals surface area contributed by atoms with E-state index in [1.54, 1.807) is 6.07 Å². The molecule has 1 aromatic rings. The molecule has 0 aromatic heterocycles. The van der Waals surface area contributed by atoms with E-state index in [4.69, 9.17) is 11.6 Å². The van der Waals surface area contributed by atoms with E-state index in [0.29, 0.717) is 17.1 Å². The van der Waals surface area contributed by atoms with Crippen molar-refractivity contribution in [3.05, 3.63) is 28.8 Å². The summed E-state index contributed by atoms with van der Waals surface area (Å²) in [5, 5.41) is 15.3. The molecule has 1 aromatic carbocycles. The number of hydrogen-bond acceptors (Lipinski definition) is 2. The summed E-state index contributed by atoms with van der Waals surface area (Å²) in [6.45, 7) is 4.09. The molecule has 0 fully saturated rings. The first-order chi connectivity index (χ1) is 8.54. The molecule has 3 N–H and O–H groups in total. The molecule has 4 nitrogen and oxygen atoms in total. The molecule has 0 spiro atoms. The number of aryl methyl sites for hydroxylation is 1. The van der Waals surface area contributed by atoms with Crippen molar-refractivity contribution in [1.29, 1.82) is 0 Å². The third kappa shape index (κ3) is 4.55. The molecule has 0 saturated heterocycles. The van der Waals surface area contributed by atoms with Crippen LogP contribution in [0, 0.1) is 6.92 Å². The fourth-order valence-corrected chi connectivity index (χ4v) is 1.86. The monoisotopic (exact) mass is 270 g/mol. The summed E-state index contributed by atoms with van der Waals surface area (Å²) in [5.74, 6) is 0. The first kappa shape index (κ1) is 14.8. The van der Waals surface area contributed by atoms with Gasteiger partial charge in [-0.05, 0) is 25.0 Å². The van der Waals surface area contributed by atoms with Gasteiger partial charge < -0.3 is 15.7 Å². The molecule has 0 aliphatic rings. The Hall–Kier alpha value is -1.26. The van der Waals surface area contributed by atoms with E-state index in [9.17, 15) is 9.90 Å². The lowest BCUT2D eigenvalue weighted by molar-refractivity contribution is 0.162. The van der Waals surface area contributed by atoms with Crippen LogP contribution in [0.3, 0.4) is 0 Å². The van der Waals surface area contributed by atoms with Crippen molar-refractivity contribution in [1.82, 2.24) is 5.32 Å². The Labute approximate surface area is 112 Å². The number of halogens is 1. The second-order valence-corrected chi connectivity index (χ2v) is 4.62. The highest BCUT2D eigenvalue weighted by molar-refractivity contribution is 6.33. The number of anilines is 1. The highest BCUT2D eigenvalue weighted by Crippen LogP contribution is 2.24. The summed E-state index contributed by atoms with van der Waals surface area (Å²) in [6, 6.07) is 5.05. The fourth-order valence-electron chi connectivity index (χ4n) is 1.59. The number of amides is 2. The van der Waals surface area contributed by atoms with Crippen LogP contribution >= 0.6 is 11.6 Å². The summed E-state index contributed by atoms with van der Waals surface area (Å²) in [7, 11) is 0. The van der Waals surface area contributed by atoms with Gasteiger partial charge >= 0.3 is 6.03 Å². The van der Waals surface area contributed by atoms with Gasteiger partial charge in [0, 0.05) is 6.54 Å². The molecule has 0 unspecified atom stereocenters. The fraction of sp³-hybridized carbons (Fsp3) is 0.462. The first-order valence-corrected chi connectivity index (χ1v) is 6.40. The Morgan fingerprint density at radius 3 is 2.83 bits per heavy atom. The molecular weight excluding hydrogens is 252 g/mol. The summed E-state index contributed by atoms with van der Waals surface area (Å²) in [6.07, 6.45) is 1.05. The topological polar surface area (TPSA) is 61.4 Å². The maximum Gasteiger partial charge on any atom is 0.319 e. The maximum absolute atomic E-state index is 11.6. The molecule has 0 bridgehead atoms. The standard InChI is InChI=1S/C13H19ClN2O2/c1-3-5-10(17)8-15-13(18)16-12-9(2)6-4-7-11(12)14/h4,6-7,10,17H,3,5,8H2,1-2H3,(H2,15,16,18)/t10-/m1/s1. The Balaban J connectivity index is 2.50. The molecular formula is C13H19ClN2O2. The minimum absolute atomic E-state index is 0.239. The van der Waals surface area contributed by atoms with Crippen LogP contribution in [0.2, 0.25) is 5.02 Å². The quantitative estimate of drug-likeness (QED) is 0.770. The lowest BCUT2D eigenvalue weighted by atomic mass is 10.2. The number of hydrogen-bond donors (Lipinski definition) is 3. The molecule has 2 amide bonds. The van der Waals surface area contributed by atoms with Gasteiger partial charge in [-0.2, -0.15) is 0 Å². The van der Waals surface area contributed by atoms with E-state index in [1.165, 1.54) is 0 Å². The molecule has 0 saturated carbocycles. The Kier molecular flexibility index (Phi) is 5.95. The minimum Gasteiger partial charge on any atom is -0.391 e. The highest BCUT2D eigenvalue weighted by Gasteiger charge is 2.09. The van der Waals surface area contributed by atoms with Gasteiger partial charge in [-0.1, -0.05) is 37.1 Å². The van der Waals surface area contributed by atoms with E-state index in [-0.39, 0.29) is 12.6 Å². The van der Waals surface area contributed by atoms with Crippen LogP contribution in [0.15, 0.2) is 18.2 Å². The largest absolute Gasteiger partial charge is 0.391 e. The molecule has 100 valence electrons. The lowest BCUT2D eigenvalue weighted by Gasteiger charge is -2.13. The molecule has 1 rings (SSSR count). The SMILES string of the molecule is CCC[C@@H](O)CNC(=O)Nc1c(C)cccc1Cl. The number of urea groups is 1. The third-order valence-corrected chi connectivity index (χ3v) is 2.90. The Bertz CT molecular complexity index is 390. The van der Waals surface area contributed by atoms with Gasteiger partial charge in [0.05, 0.1) is 16.8 Å². The molecule has 5 heteroatoms. The van der Waals surface area contributed by atoms with Crippen LogP contribution in [0.1, 0.15) is 25.3 Å². The van der Waals surface area contributed by atoms with Crippen molar-refractivity contribution in [3.63, 3.8) is 0 Å². The van der Waals surface area contributed by atoms with Crippen molar-refractivity contribution >= 4 is 23.3 Å². The number of rotatable bonds is 5. The van der Waals surface area contributed by atoms with Crippen molar-refractivity contribution in [3.8, 4) is 0 Å². The number of carbonyl (C=O) groups excluding carboxylic acids is 1. The van der Waals surface area contributed by atoms with Crippen LogP contribution in [-0.4, -0.2) is 23.8 Å². The van der Waals surface area contributed by atoms with Crippen LogP contribution in [-0.2, 0) is 0 Å². The van der Waals surface area contributed by atoms with E-state index in [1.807, 2.05) is 26.0 Å². The van der Waals surface area contributed by atoms with Gasteiger partial charge in [0.2, 0.25) is 0 Å². The highest BCUT2D eigenvalue weighted by atomic mass is 35.5. The third-order valence-electron chi connectivity index (χ3n) is 2.58. The van der Waals surface area contributed by atoms with E-state index in [0.717, 1.165) is 12.0 Å². The first-order valence-electron chi connectivity index (χ1n) is 6.02. The van der Waals surface area contributed by atoms with E-state index in [2.05, 4.69) is 10.6 Å². The number of aliphatic hydroxyl groups excluding tert-OH is 1. The van der Waals surface area contributed by atoms with Crippen LogP contribution in [0.4, 0.5) is 10.5 Å². The average molecular weight is 271 g/mol. The Morgan fingerprint density at radius 1 is 1.50 bits per heavy atom. The summed E-state index contributed by atoms with van der Waals surface area (Å²) < 4.78 is 0.